The summed E-state index contributed by atoms with van der Waals surface area (Å²) in [6.45, 7) is 5.51. The van der Waals surface area contributed by atoms with Gasteiger partial charge in [-0.3, -0.25) is 24.7 Å². The highest BCUT2D eigenvalue weighted by Crippen LogP contribution is 2.57. The number of nitrogens with zero attached hydrogens (tertiary/aromatic N) is 6. The number of pyridine rings is 1. The van der Waals surface area contributed by atoms with E-state index in [0.29, 0.717) is 80.9 Å². The van der Waals surface area contributed by atoms with Crippen molar-refractivity contribution in [3.05, 3.63) is 93.7 Å². The summed E-state index contributed by atoms with van der Waals surface area (Å²) in [5.41, 5.74) is 10.8. The number of fused-ring (bicyclic) bond motifs is 6. The van der Waals surface area contributed by atoms with E-state index in [0.717, 1.165) is 56.6 Å². The lowest BCUT2D eigenvalue weighted by molar-refractivity contribution is -0.384. The van der Waals surface area contributed by atoms with Crippen LogP contribution in [0.4, 0.5) is 28.4 Å². The van der Waals surface area contributed by atoms with Crippen LogP contribution in [0.2, 0.25) is 0 Å². The number of nitro benzene ring substituents is 1. The van der Waals surface area contributed by atoms with Gasteiger partial charge in [-0.15, -0.1) is 0 Å². The van der Waals surface area contributed by atoms with Gasteiger partial charge in [-0.1, -0.05) is 24.3 Å². The van der Waals surface area contributed by atoms with Gasteiger partial charge < -0.3 is 44.8 Å². The number of nitro groups is 1. The topological polar surface area (TPSA) is 211 Å². The maximum atomic E-state index is 16.2. The van der Waals surface area contributed by atoms with Gasteiger partial charge in [0.25, 0.3) is 11.6 Å². The number of sulfone groups is 1. The highest BCUT2D eigenvalue weighted by Gasteiger charge is 2.51. The number of hydrogen-bond donors (Lipinski definition) is 3. The first kappa shape index (κ1) is 46.5. The molecule has 2 bridgehead atoms. The fraction of sp³-hybridized carbons (Fsp3) is 0.527. The molecule has 388 valence electrons. The van der Waals surface area contributed by atoms with Crippen LogP contribution < -0.4 is 30.3 Å². The zero-order valence-electron chi connectivity index (χ0n) is 41.5. The fourth-order valence-corrected chi connectivity index (χ4v) is 16.0. The SMILES string of the molecule is NC(=O)c1ccc(N2CCC3(CC2)CC(N2CCC[C@H]2c2ccccc2C2CC2)C3)c(S(=O)(=O)c2cc3c(c([N+](=O)[O-])c2)N[C@H](CN2C[C@@H]4C[C@H]2CO4)CO3)c1N1C[C@@H]2CCOC[C@@H]2Oc2nc3[nH]ccc3cc21. The summed E-state index contributed by atoms with van der Waals surface area (Å²) in [5, 5.41) is 17.2. The highest BCUT2D eigenvalue weighted by molar-refractivity contribution is 7.91. The molecule has 7 fully saturated rings. The van der Waals surface area contributed by atoms with E-state index in [9.17, 15) is 14.9 Å². The minimum absolute atomic E-state index is 0.00840. The zero-order valence-corrected chi connectivity index (χ0v) is 42.3. The lowest BCUT2D eigenvalue weighted by atomic mass is 9.59. The summed E-state index contributed by atoms with van der Waals surface area (Å²) in [6, 6.07) is 19.7. The summed E-state index contributed by atoms with van der Waals surface area (Å²) in [5.74, 6) is 0.0465. The molecule has 3 aromatic carbocycles. The first-order valence-corrected chi connectivity index (χ1v) is 28.3. The number of H-pyrrole nitrogens is 1. The average Bonchev–Trinajstić information content (AvgIpc) is 3.65. The normalized spacial score (nSPS) is 27.7. The lowest BCUT2D eigenvalue weighted by Crippen LogP contribution is -2.55. The van der Waals surface area contributed by atoms with E-state index in [4.69, 9.17) is 29.7 Å². The van der Waals surface area contributed by atoms with Crippen molar-refractivity contribution in [3.63, 3.8) is 0 Å². The molecular weight excluding hydrogens is 963 g/mol. The number of morpholine rings is 1. The molecule has 6 atom stereocenters. The van der Waals surface area contributed by atoms with E-state index >= 15 is 8.42 Å². The number of carbonyl (C=O) groups is 1. The van der Waals surface area contributed by atoms with Crippen molar-refractivity contribution in [1.29, 1.82) is 0 Å². The fourth-order valence-electron chi connectivity index (χ4n) is 14.3. The van der Waals surface area contributed by atoms with Crippen LogP contribution >= 0.6 is 0 Å². The lowest BCUT2D eigenvalue weighted by Gasteiger charge is -2.56. The molecule has 0 radical (unpaired) electrons. The standard InChI is InChI=1S/C55H63N9O9S/c56-52(65)42-9-10-44(60-17-13-55(14-18-60)24-37(25-55)62-16-3-6-43(62)41-5-2-1-4-40(41)32-7-8-32)51(50(42)63-26-34-12-19-70-31-48(34)73-54-46(63)20-33-11-15-57-53(33)59-54)74(68,69)39-22-45(64(66)67)49-47(23-39)72-29-35(58-49)27-61-28-38-21-36(61)30-71-38/h1-2,4-5,9-11,15,20,22-23,32,34-38,43,48,58H,3,6-8,12-14,16-19,21,24-31H2,(H2,56,65)(H,57,59)/t34-,35+,36-,38-,43-,48-/m0/s1. The Morgan fingerprint density at radius 3 is 2.54 bits per heavy atom. The Kier molecular flexibility index (Phi) is 11.2. The summed E-state index contributed by atoms with van der Waals surface area (Å²) in [6.07, 6.45) is 12.0. The summed E-state index contributed by atoms with van der Waals surface area (Å²) in [7, 11) is -4.76. The third-order valence-corrected chi connectivity index (χ3v) is 20.1. The van der Waals surface area contributed by atoms with Crippen molar-refractivity contribution in [2.45, 2.75) is 116 Å². The smallest absolute Gasteiger partial charge is 0.297 e. The van der Waals surface area contributed by atoms with Crippen molar-refractivity contribution in [3.8, 4) is 11.6 Å². The number of carbonyl (C=O) groups excluding carboxylic acids is 1. The number of nitrogens with one attached hydrogen (secondary N) is 2. The Labute approximate surface area is 429 Å². The van der Waals surface area contributed by atoms with E-state index in [-0.39, 0.29) is 81.0 Å². The first-order chi connectivity index (χ1) is 36.0. The van der Waals surface area contributed by atoms with Crippen molar-refractivity contribution in [2.24, 2.45) is 17.1 Å². The van der Waals surface area contributed by atoms with E-state index in [1.54, 1.807) is 18.3 Å². The molecule has 1 spiro atoms. The Morgan fingerprint density at radius 2 is 1.77 bits per heavy atom. The van der Waals surface area contributed by atoms with Crippen LogP contribution in [-0.2, 0) is 19.3 Å². The minimum atomic E-state index is -4.76. The van der Waals surface area contributed by atoms with Gasteiger partial charge in [0.05, 0.1) is 52.1 Å². The van der Waals surface area contributed by atoms with Crippen LogP contribution in [0.25, 0.3) is 11.0 Å². The molecule has 74 heavy (non-hydrogen) atoms. The summed E-state index contributed by atoms with van der Waals surface area (Å²) < 4.78 is 57.1. The van der Waals surface area contributed by atoms with Gasteiger partial charge in [-0.05, 0) is 117 Å². The Bertz CT molecular complexity index is 3190. The average molecular weight is 1030 g/mol. The second kappa shape index (κ2) is 17.8. The Hall–Kier alpha value is -5.99. The number of aromatic amines is 1. The summed E-state index contributed by atoms with van der Waals surface area (Å²) >= 11 is 0. The number of nitrogens with two attached hydrogens (primary N) is 1. The second-order valence-corrected chi connectivity index (χ2v) is 24.6. The predicted octanol–water partition coefficient (Wildman–Crippen LogP) is 7.45. The van der Waals surface area contributed by atoms with Crippen molar-refractivity contribution in [1.82, 2.24) is 19.8 Å². The van der Waals surface area contributed by atoms with Crippen LogP contribution in [-0.4, -0.2) is 135 Å². The van der Waals surface area contributed by atoms with Gasteiger partial charge in [0.1, 0.15) is 28.9 Å². The quantitative estimate of drug-likeness (QED) is 0.0867. The van der Waals surface area contributed by atoms with Gasteiger partial charge in [-0.2, -0.15) is 4.98 Å². The minimum Gasteiger partial charge on any atom is -0.489 e. The number of hydrogen-bond acceptors (Lipinski definition) is 15. The van der Waals surface area contributed by atoms with Crippen LogP contribution in [0.5, 0.6) is 11.6 Å². The van der Waals surface area contributed by atoms with Gasteiger partial charge in [0.15, 0.2) is 11.4 Å². The number of ether oxygens (including phenoxy) is 4. The molecular formula is C55H63N9O9S. The third-order valence-electron chi connectivity index (χ3n) is 18.3. The summed E-state index contributed by atoms with van der Waals surface area (Å²) in [4.78, 5) is 43.2. The Morgan fingerprint density at radius 1 is 0.932 bits per heavy atom. The monoisotopic (exact) mass is 1030 g/mol. The molecule has 19 heteroatoms. The molecule has 2 aliphatic carbocycles. The number of anilines is 4. The maximum Gasteiger partial charge on any atom is 0.297 e. The molecule has 18 nitrogen and oxygen atoms in total. The van der Waals surface area contributed by atoms with Gasteiger partial charge in [-0.25, -0.2) is 8.42 Å². The number of amides is 1. The van der Waals surface area contributed by atoms with Crippen molar-refractivity contribution < 1.29 is 37.1 Å². The number of piperidine rings is 1. The van der Waals surface area contributed by atoms with Crippen LogP contribution in [0, 0.1) is 21.4 Å². The number of primary amides is 1. The molecule has 2 saturated carbocycles. The first-order valence-electron chi connectivity index (χ1n) is 26.9. The molecule has 5 aromatic rings. The van der Waals surface area contributed by atoms with Crippen molar-refractivity contribution >= 4 is 55.2 Å². The molecule has 4 N–H and O–H groups in total. The number of benzene rings is 3. The van der Waals surface area contributed by atoms with Gasteiger partial charge >= 0.3 is 0 Å². The maximum absolute atomic E-state index is 16.2. The predicted molar refractivity (Wildman–Crippen MR) is 277 cm³/mol. The zero-order chi connectivity index (χ0) is 50.0. The molecule has 5 saturated heterocycles. The number of likely N-dealkylation sites (tertiary alicyclic amines) is 2. The largest absolute Gasteiger partial charge is 0.489 e. The van der Waals surface area contributed by atoms with Crippen LogP contribution in [0.15, 0.2) is 76.7 Å². The highest BCUT2D eigenvalue weighted by atomic mass is 32.2. The molecule has 0 unspecified atom stereocenters. The van der Waals surface area contributed by atoms with Crippen molar-refractivity contribution in [2.75, 3.05) is 80.8 Å². The van der Waals surface area contributed by atoms with E-state index in [1.807, 2.05) is 17.0 Å². The molecule has 7 aliphatic heterocycles. The third kappa shape index (κ3) is 7.89. The number of rotatable bonds is 11. The second-order valence-electron chi connectivity index (χ2n) is 22.7. The van der Waals surface area contributed by atoms with E-state index < -0.39 is 32.5 Å². The molecule has 1 amide bonds. The van der Waals surface area contributed by atoms with E-state index in [1.165, 1.54) is 42.9 Å². The van der Waals surface area contributed by atoms with E-state index in [2.05, 4.69) is 49.3 Å². The van der Waals surface area contributed by atoms with Crippen LogP contribution in [0.3, 0.4) is 0 Å². The van der Waals surface area contributed by atoms with Crippen LogP contribution in [0.1, 0.15) is 97.7 Å². The van der Waals surface area contributed by atoms with Gasteiger partial charge in [0, 0.05) is 87.1 Å². The number of aromatic nitrogens is 2. The van der Waals surface area contributed by atoms with Gasteiger partial charge in [0.2, 0.25) is 15.7 Å². The molecule has 2 aromatic heterocycles. The Balaban J connectivity index is 0.843. The molecule has 9 heterocycles. The molecule has 14 rings (SSSR count). The molecule has 9 aliphatic rings.